The van der Waals surface area contributed by atoms with E-state index >= 15 is 0 Å². The number of nitrogens with one attached hydrogen (secondary N) is 1. The summed E-state index contributed by atoms with van der Waals surface area (Å²) < 4.78 is 21.5. The number of hydrogen-bond acceptors (Lipinski definition) is 6. The van der Waals surface area contributed by atoms with Crippen molar-refractivity contribution in [1.29, 1.82) is 0 Å². The van der Waals surface area contributed by atoms with Crippen LogP contribution in [0.2, 0.25) is 0 Å². The van der Waals surface area contributed by atoms with E-state index < -0.39 is 18.5 Å². The van der Waals surface area contributed by atoms with Crippen LogP contribution in [0.4, 0.5) is 5.69 Å². The molecule has 0 aliphatic heterocycles. The maximum Gasteiger partial charge on any atom is 0.338 e. The Morgan fingerprint density at radius 3 is 2.21 bits per heavy atom. The fourth-order valence-corrected chi connectivity index (χ4v) is 2.45. The Bertz CT molecular complexity index is 803. The van der Waals surface area contributed by atoms with E-state index in [1.807, 2.05) is 20.8 Å². The molecule has 2 aromatic rings. The van der Waals surface area contributed by atoms with Crippen LogP contribution in [-0.2, 0) is 9.53 Å². The van der Waals surface area contributed by atoms with Crippen molar-refractivity contribution in [2.75, 3.05) is 31.7 Å². The van der Waals surface area contributed by atoms with Gasteiger partial charge in [-0.25, -0.2) is 4.79 Å². The monoisotopic (exact) mass is 401 g/mol. The molecule has 0 aliphatic carbocycles. The molecule has 0 aliphatic rings. The highest BCUT2D eigenvalue weighted by molar-refractivity contribution is 5.96. The fraction of sp³-hybridized carbons (Fsp3) is 0.364. The number of hydrogen-bond donors (Lipinski definition) is 1. The standard InChI is InChI=1S/C22H27NO6/c1-4-13-28-17-9-7-16(8-10-17)22(25)29-15-21(24)23-19-14-18(26-5-2)11-12-20(19)27-6-3/h7-12,14H,4-6,13,15H2,1-3H3,(H,23,24). The van der Waals surface area contributed by atoms with E-state index in [0.717, 1.165) is 6.42 Å². The first-order valence-corrected chi connectivity index (χ1v) is 9.66. The molecule has 0 fully saturated rings. The zero-order valence-electron chi connectivity index (χ0n) is 17.0. The first kappa shape index (κ1) is 22.1. The molecule has 2 aromatic carbocycles. The largest absolute Gasteiger partial charge is 0.494 e. The van der Waals surface area contributed by atoms with Gasteiger partial charge in [0.2, 0.25) is 0 Å². The number of anilines is 1. The minimum Gasteiger partial charge on any atom is -0.494 e. The number of ether oxygens (including phenoxy) is 4. The van der Waals surface area contributed by atoms with Crippen LogP contribution in [0.15, 0.2) is 42.5 Å². The third-order valence-corrected chi connectivity index (χ3v) is 3.73. The SMILES string of the molecule is CCCOc1ccc(C(=O)OCC(=O)Nc2cc(OCC)ccc2OCC)cc1. The lowest BCUT2D eigenvalue weighted by Crippen LogP contribution is -2.21. The lowest BCUT2D eigenvalue weighted by Gasteiger charge is -2.13. The van der Waals surface area contributed by atoms with E-state index in [0.29, 0.717) is 48.3 Å². The van der Waals surface area contributed by atoms with Gasteiger partial charge in [-0.05, 0) is 56.7 Å². The van der Waals surface area contributed by atoms with E-state index in [1.54, 1.807) is 42.5 Å². The molecule has 0 bridgehead atoms. The van der Waals surface area contributed by atoms with Crippen LogP contribution in [0.5, 0.6) is 17.2 Å². The summed E-state index contributed by atoms with van der Waals surface area (Å²) in [6, 6.07) is 11.7. The zero-order valence-corrected chi connectivity index (χ0v) is 17.0. The van der Waals surface area contributed by atoms with E-state index in [4.69, 9.17) is 18.9 Å². The number of carbonyl (C=O) groups excluding carboxylic acids is 2. The van der Waals surface area contributed by atoms with Crippen LogP contribution in [0.1, 0.15) is 37.6 Å². The Morgan fingerprint density at radius 2 is 1.55 bits per heavy atom. The second-order valence-electron chi connectivity index (χ2n) is 6.02. The van der Waals surface area contributed by atoms with Crippen molar-refractivity contribution in [3.8, 4) is 17.2 Å². The molecule has 7 heteroatoms. The smallest absolute Gasteiger partial charge is 0.338 e. The second kappa shape index (κ2) is 11.6. The van der Waals surface area contributed by atoms with Crippen molar-refractivity contribution in [2.45, 2.75) is 27.2 Å². The van der Waals surface area contributed by atoms with Gasteiger partial charge in [0.1, 0.15) is 17.2 Å². The molecule has 29 heavy (non-hydrogen) atoms. The van der Waals surface area contributed by atoms with Crippen molar-refractivity contribution in [3.05, 3.63) is 48.0 Å². The predicted octanol–water partition coefficient (Wildman–Crippen LogP) is 4.07. The molecule has 0 saturated heterocycles. The molecule has 1 N–H and O–H groups in total. The first-order valence-electron chi connectivity index (χ1n) is 9.66. The van der Waals surface area contributed by atoms with E-state index in [2.05, 4.69) is 5.32 Å². The number of carbonyl (C=O) groups is 2. The van der Waals surface area contributed by atoms with Crippen LogP contribution in [0, 0.1) is 0 Å². The van der Waals surface area contributed by atoms with Crippen molar-refractivity contribution < 1.29 is 28.5 Å². The molecule has 0 heterocycles. The lowest BCUT2D eigenvalue weighted by molar-refractivity contribution is -0.119. The van der Waals surface area contributed by atoms with Crippen molar-refractivity contribution in [1.82, 2.24) is 0 Å². The number of benzene rings is 2. The highest BCUT2D eigenvalue weighted by Crippen LogP contribution is 2.29. The summed E-state index contributed by atoms with van der Waals surface area (Å²) in [6.07, 6.45) is 0.900. The maximum absolute atomic E-state index is 12.2. The molecule has 7 nitrogen and oxygen atoms in total. The molecule has 156 valence electrons. The van der Waals surface area contributed by atoms with Gasteiger partial charge in [0, 0.05) is 6.07 Å². The summed E-state index contributed by atoms with van der Waals surface area (Å²) in [5, 5.41) is 2.69. The van der Waals surface area contributed by atoms with Gasteiger partial charge in [-0.3, -0.25) is 4.79 Å². The molecule has 0 spiro atoms. The average Bonchev–Trinajstić information content (AvgIpc) is 2.73. The normalized spacial score (nSPS) is 10.2. The van der Waals surface area contributed by atoms with Gasteiger partial charge >= 0.3 is 5.97 Å². The number of rotatable bonds is 11. The quantitative estimate of drug-likeness (QED) is 0.572. The van der Waals surface area contributed by atoms with Crippen LogP contribution in [-0.4, -0.2) is 38.3 Å². The van der Waals surface area contributed by atoms with Gasteiger partial charge < -0.3 is 24.3 Å². The summed E-state index contributed by atoms with van der Waals surface area (Å²) in [7, 11) is 0. The Balaban J connectivity index is 1.93. The molecule has 1 amide bonds. The molecule has 2 rings (SSSR count). The van der Waals surface area contributed by atoms with Gasteiger partial charge in [0.25, 0.3) is 5.91 Å². The predicted molar refractivity (Wildman–Crippen MR) is 110 cm³/mol. The van der Waals surface area contributed by atoms with E-state index in [9.17, 15) is 9.59 Å². The van der Waals surface area contributed by atoms with Gasteiger partial charge in [0.15, 0.2) is 6.61 Å². The van der Waals surface area contributed by atoms with E-state index in [-0.39, 0.29) is 0 Å². The van der Waals surface area contributed by atoms with Gasteiger partial charge in [-0.2, -0.15) is 0 Å². The molecule has 0 saturated carbocycles. The Kier molecular flexibility index (Phi) is 8.82. The first-order chi connectivity index (χ1) is 14.1. The highest BCUT2D eigenvalue weighted by Gasteiger charge is 2.13. The topological polar surface area (TPSA) is 83.1 Å². The summed E-state index contributed by atoms with van der Waals surface area (Å²) in [5.74, 6) is 0.733. The minimum atomic E-state index is -0.588. The Morgan fingerprint density at radius 1 is 0.862 bits per heavy atom. The molecular formula is C22H27NO6. The highest BCUT2D eigenvalue weighted by atomic mass is 16.5. The lowest BCUT2D eigenvalue weighted by atomic mass is 10.2. The summed E-state index contributed by atoms with van der Waals surface area (Å²) in [4.78, 5) is 24.4. The minimum absolute atomic E-state index is 0.343. The van der Waals surface area contributed by atoms with Crippen LogP contribution < -0.4 is 19.5 Å². The Labute approximate surface area is 170 Å². The van der Waals surface area contributed by atoms with Crippen molar-refractivity contribution >= 4 is 17.6 Å². The Hall–Kier alpha value is -3.22. The van der Waals surface area contributed by atoms with Gasteiger partial charge in [0.05, 0.1) is 31.1 Å². The summed E-state index contributed by atoms with van der Waals surface area (Å²) in [5.41, 5.74) is 0.797. The summed E-state index contributed by atoms with van der Waals surface area (Å²) >= 11 is 0. The van der Waals surface area contributed by atoms with Gasteiger partial charge in [-0.15, -0.1) is 0 Å². The molecule has 0 radical (unpaired) electrons. The third-order valence-electron chi connectivity index (χ3n) is 3.73. The number of esters is 1. The maximum atomic E-state index is 12.2. The molecular weight excluding hydrogens is 374 g/mol. The van der Waals surface area contributed by atoms with Crippen molar-refractivity contribution in [3.63, 3.8) is 0 Å². The fourth-order valence-electron chi connectivity index (χ4n) is 2.45. The molecule has 0 unspecified atom stereocenters. The molecule has 0 atom stereocenters. The van der Waals surface area contributed by atoms with Crippen LogP contribution >= 0.6 is 0 Å². The van der Waals surface area contributed by atoms with Crippen LogP contribution in [0.25, 0.3) is 0 Å². The zero-order chi connectivity index (χ0) is 21.1. The summed E-state index contributed by atoms with van der Waals surface area (Å²) in [6.45, 7) is 6.88. The molecule has 0 aromatic heterocycles. The van der Waals surface area contributed by atoms with Crippen molar-refractivity contribution in [2.24, 2.45) is 0 Å². The van der Waals surface area contributed by atoms with E-state index in [1.165, 1.54) is 0 Å². The second-order valence-corrected chi connectivity index (χ2v) is 6.02. The van der Waals surface area contributed by atoms with Gasteiger partial charge in [-0.1, -0.05) is 6.92 Å². The van der Waals surface area contributed by atoms with Crippen LogP contribution in [0.3, 0.4) is 0 Å². The number of amides is 1. The third kappa shape index (κ3) is 7.03. The average molecular weight is 401 g/mol.